The van der Waals surface area contributed by atoms with Crippen LogP contribution in [0.15, 0.2) is 54.6 Å². The number of likely N-dealkylation sites (tertiary alicyclic amines) is 1. The highest BCUT2D eigenvalue weighted by Gasteiger charge is 2.44. The van der Waals surface area contributed by atoms with E-state index < -0.39 is 84.4 Å². The number of carbonyl (C=O) groups is 8. The third-order valence-corrected chi connectivity index (χ3v) is 15.1. The molecule has 0 spiro atoms. The zero-order valence-corrected chi connectivity index (χ0v) is 46.9. The lowest BCUT2D eigenvalue weighted by Gasteiger charge is -2.41. The summed E-state index contributed by atoms with van der Waals surface area (Å²) in [6.45, 7) is 15.2. The average molecular weight is 1070 g/mol. The average Bonchev–Trinajstić information content (AvgIpc) is 4.00. The smallest absolute Gasteiger partial charge is 0.410 e. The highest BCUT2D eigenvalue weighted by Crippen LogP contribution is 2.30. The predicted molar refractivity (Wildman–Crippen MR) is 285 cm³/mol. The minimum Gasteiger partial charge on any atom is -0.442 e. The fraction of sp³-hybridized carbons (Fsp3) is 0.679. The van der Waals surface area contributed by atoms with Gasteiger partial charge in [-0.25, -0.2) is 4.79 Å². The molecular formula is C56H87N7O13. The Morgan fingerprint density at radius 2 is 1.50 bits per heavy atom. The van der Waals surface area contributed by atoms with Gasteiger partial charge >= 0.3 is 6.09 Å². The summed E-state index contributed by atoms with van der Waals surface area (Å²) in [6.07, 6.45) is 6.19. The number of imide groups is 1. The number of methoxy groups -OCH3 is 2. The van der Waals surface area contributed by atoms with E-state index in [4.69, 9.17) is 18.9 Å². The second-order valence-electron chi connectivity index (χ2n) is 21.2. The first kappa shape index (κ1) is 62.8. The maximum Gasteiger partial charge on any atom is 0.410 e. The lowest BCUT2D eigenvalue weighted by Crippen LogP contribution is -2.60. The van der Waals surface area contributed by atoms with E-state index in [-0.39, 0.29) is 73.6 Å². The number of carbonyl (C=O) groups excluding carboxylic acids is 8. The fourth-order valence-corrected chi connectivity index (χ4v) is 10.5. The molecule has 0 saturated carbocycles. The van der Waals surface area contributed by atoms with Gasteiger partial charge in [-0.2, -0.15) is 0 Å². The van der Waals surface area contributed by atoms with Crippen molar-refractivity contribution in [2.75, 3.05) is 54.6 Å². The molecule has 2 unspecified atom stereocenters. The van der Waals surface area contributed by atoms with Crippen LogP contribution < -0.4 is 16.0 Å². The molecule has 0 bridgehead atoms. The number of hydrogen-bond acceptors (Lipinski definition) is 13. The van der Waals surface area contributed by atoms with Crippen LogP contribution in [0.5, 0.6) is 0 Å². The molecule has 20 heteroatoms. The molecule has 2 aliphatic heterocycles. The second kappa shape index (κ2) is 30.3. The monoisotopic (exact) mass is 1070 g/mol. The lowest BCUT2D eigenvalue weighted by atomic mass is 9.89. The van der Waals surface area contributed by atoms with E-state index >= 15 is 0 Å². The van der Waals surface area contributed by atoms with Gasteiger partial charge in [0.2, 0.25) is 29.5 Å². The minimum absolute atomic E-state index is 0.0596. The number of nitrogens with one attached hydrogen (secondary N) is 3. The van der Waals surface area contributed by atoms with E-state index in [1.807, 2.05) is 65.8 Å². The van der Waals surface area contributed by atoms with Crippen LogP contribution in [0.4, 0.5) is 4.79 Å². The minimum atomic E-state index is -1.00. The van der Waals surface area contributed by atoms with E-state index in [0.29, 0.717) is 57.1 Å². The summed E-state index contributed by atoms with van der Waals surface area (Å²) in [5.41, 5.74) is 0.681. The number of benzene rings is 1. The molecule has 4 N–H and O–H groups in total. The maximum atomic E-state index is 14.7. The molecule has 424 valence electrons. The first-order valence-corrected chi connectivity index (χ1v) is 27.0. The van der Waals surface area contributed by atoms with Crippen LogP contribution in [-0.4, -0.2) is 181 Å². The van der Waals surface area contributed by atoms with Gasteiger partial charge in [-0.15, -0.1) is 0 Å². The van der Waals surface area contributed by atoms with Gasteiger partial charge in [0.05, 0.1) is 54.9 Å². The number of aliphatic hydroxyl groups excluding tert-OH is 1. The predicted octanol–water partition coefficient (Wildman–Crippen LogP) is 4.30. The number of hydrogen-bond donors (Lipinski definition) is 4. The topological polar surface area (TPSA) is 243 Å². The summed E-state index contributed by atoms with van der Waals surface area (Å²) in [5, 5.41) is 19.5. The van der Waals surface area contributed by atoms with Gasteiger partial charge in [-0.1, -0.05) is 91.3 Å². The number of rotatable bonds is 27. The SMILES string of the molecule is CC[C@H](C)[C@@H]([C@@H](CC(=O)N1CCC[C@H]1[C@H](OC)[C@@H](C)C(=O)N[C@H](C)[C@@H](O)c1ccccc1)OC)N(C)C(=O)[C@H](NC(=O)[C@H](C(C)C)N(C)C(=O)OC1/C=C/CC(OCC(=O)NCCN2C(=O)C=CC2=O)CCC1)C(C)C. The highest BCUT2D eigenvalue weighted by molar-refractivity contribution is 6.12. The van der Waals surface area contributed by atoms with Gasteiger partial charge in [-0.3, -0.25) is 43.4 Å². The van der Waals surface area contributed by atoms with Crippen molar-refractivity contribution >= 4 is 47.4 Å². The van der Waals surface area contributed by atoms with Gasteiger partial charge in [0.1, 0.15) is 24.8 Å². The number of likely N-dealkylation sites (N-methyl/N-ethyl adjacent to an activating group) is 2. The van der Waals surface area contributed by atoms with E-state index in [2.05, 4.69) is 16.0 Å². The zero-order chi connectivity index (χ0) is 56.4. The number of ether oxygens (including phenoxy) is 4. The standard InChI is InChI=1S/C56H87N7O13/c1-13-36(6)50(43(73-11)32-47(67)62-30-19-26-42(62)52(74-12)37(7)53(69)58-38(8)51(68)39-20-15-14-16-21-39)60(9)55(71)48(34(2)3)59-54(70)49(35(4)5)61(10)56(72)76-41-24-17-22-40(23-18-25-41)75-33-44(64)57-29-31-63-45(65)27-28-46(63)66/h14-17,20-21,24,27-28,34-38,40-43,48-52,68H,13,18-19,22-23,25-26,29-33H2,1-12H3,(H,57,64)(H,58,69)(H,59,70)/b24-17+/t36-,37+,38+,40?,41?,42-,43+,48+,49-,50-,51+,52+/m0/s1. The Bertz CT molecular complexity index is 2160. The third kappa shape index (κ3) is 17.2. The van der Waals surface area contributed by atoms with Crippen molar-refractivity contribution in [3.8, 4) is 0 Å². The van der Waals surface area contributed by atoms with E-state index in [1.165, 1.54) is 38.3 Å². The van der Waals surface area contributed by atoms with Crippen molar-refractivity contribution in [1.82, 2.24) is 35.6 Å². The Hall–Kier alpha value is -5.70. The summed E-state index contributed by atoms with van der Waals surface area (Å²) in [4.78, 5) is 112. The van der Waals surface area contributed by atoms with Crippen molar-refractivity contribution in [3.05, 3.63) is 60.2 Å². The van der Waals surface area contributed by atoms with Crippen LogP contribution in [0.3, 0.4) is 0 Å². The highest BCUT2D eigenvalue weighted by atomic mass is 16.6. The molecule has 8 amide bonds. The fourth-order valence-electron chi connectivity index (χ4n) is 10.5. The molecule has 4 rings (SSSR count). The molecule has 1 aliphatic carbocycles. The molecule has 76 heavy (non-hydrogen) atoms. The largest absolute Gasteiger partial charge is 0.442 e. The summed E-state index contributed by atoms with van der Waals surface area (Å²) < 4.78 is 23.8. The Balaban J connectivity index is 1.36. The van der Waals surface area contributed by atoms with Crippen LogP contribution in [-0.2, 0) is 52.5 Å². The number of nitrogens with zero attached hydrogens (tertiary/aromatic N) is 4. The van der Waals surface area contributed by atoms with Crippen molar-refractivity contribution in [2.45, 2.75) is 167 Å². The molecule has 1 aromatic rings. The quantitative estimate of drug-likeness (QED) is 0.0711. The molecular weight excluding hydrogens is 979 g/mol. The van der Waals surface area contributed by atoms with Crippen LogP contribution in [0.25, 0.3) is 0 Å². The summed E-state index contributed by atoms with van der Waals surface area (Å²) in [5.74, 6) is -4.18. The second-order valence-corrected chi connectivity index (χ2v) is 21.2. The van der Waals surface area contributed by atoms with Crippen LogP contribution in [0.2, 0.25) is 0 Å². The number of aliphatic hydroxyl groups is 1. The Morgan fingerprint density at radius 1 is 0.829 bits per heavy atom. The maximum absolute atomic E-state index is 14.7. The summed E-state index contributed by atoms with van der Waals surface area (Å²) >= 11 is 0. The molecule has 0 radical (unpaired) electrons. The van der Waals surface area contributed by atoms with Crippen molar-refractivity contribution in [1.29, 1.82) is 0 Å². The zero-order valence-electron chi connectivity index (χ0n) is 46.9. The Kier molecular flexibility index (Phi) is 25.0. The molecule has 1 saturated heterocycles. The lowest BCUT2D eigenvalue weighted by molar-refractivity contribution is -0.148. The van der Waals surface area contributed by atoms with E-state index in [9.17, 15) is 43.5 Å². The van der Waals surface area contributed by atoms with Gasteiger partial charge in [0, 0.05) is 60.1 Å². The van der Waals surface area contributed by atoms with Crippen molar-refractivity contribution in [3.63, 3.8) is 0 Å². The molecule has 20 nitrogen and oxygen atoms in total. The molecule has 3 aliphatic rings. The molecule has 0 aromatic heterocycles. The summed E-state index contributed by atoms with van der Waals surface area (Å²) in [7, 11) is 6.20. The van der Waals surface area contributed by atoms with Crippen molar-refractivity contribution < 1.29 is 62.4 Å². The van der Waals surface area contributed by atoms with Crippen LogP contribution in [0.1, 0.15) is 118 Å². The van der Waals surface area contributed by atoms with E-state index in [0.717, 1.165) is 4.90 Å². The third-order valence-electron chi connectivity index (χ3n) is 15.1. The summed E-state index contributed by atoms with van der Waals surface area (Å²) in [6, 6.07) is 5.52. The van der Waals surface area contributed by atoms with Crippen molar-refractivity contribution in [2.24, 2.45) is 23.7 Å². The molecule has 12 atom stereocenters. The number of amides is 8. The normalized spacial score (nSPS) is 21.8. The Labute approximate surface area is 450 Å². The first-order chi connectivity index (χ1) is 36.1. The molecule has 2 heterocycles. The van der Waals surface area contributed by atoms with E-state index in [1.54, 1.807) is 48.9 Å². The van der Waals surface area contributed by atoms with Crippen LogP contribution >= 0.6 is 0 Å². The van der Waals surface area contributed by atoms with Gasteiger partial charge < -0.3 is 49.8 Å². The van der Waals surface area contributed by atoms with Crippen LogP contribution in [0, 0.1) is 23.7 Å². The van der Waals surface area contributed by atoms with Gasteiger partial charge in [0.25, 0.3) is 11.8 Å². The van der Waals surface area contributed by atoms with Gasteiger partial charge in [-0.05, 0) is 74.8 Å². The first-order valence-electron chi connectivity index (χ1n) is 27.0. The Morgan fingerprint density at radius 3 is 2.11 bits per heavy atom. The molecule has 1 aromatic carbocycles. The molecule has 1 fully saturated rings. The van der Waals surface area contributed by atoms with Gasteiger partial charge in [0.15, 0.2) is 0 Å².